The van der Waals surface area contributed by atoms with E-state index in [0.717, 1.165) is 5.56 Å². The highest BCUT2D eigenvalue weighted by molar-refractivity contribution is 6.32. The molecule has 0 heterocycles. The summed E-state index contributed by atoms with van der Waals surface area (Å²) in [4.78, 5) is 10.3. The topological polar surface area (TPSA) is 90.4 Å². The maximum absolute atomic E-state index is 10.9. The number of hydrogen-bond donors (Lipinski definition) is 2. The van der Waals surface area contributed by atoms with Gasteiger partial charge >= 0.3 is 0 Å². The van der Waals surface area contributed by atoms with Crippen molar-refractivity contribution in [3.8, 4) is 11.5 Å². The van der Waals surface area contributed by atoms with Gasteiger partial charge in [-0.15, -0.1) is 0 Å². The molecule has 3 N–H and O–H groups in total. The minimum atomic E-state index is -0.522. The van der Waals surface area contributed by atoms with Gasteiger partial charge in [-0.25, -0.2) is 0 Å². The van der Waals surface area contributed by atoms with Gasteiger partial charge in [0.2, 0.25) is 0 Å². The summed E-state index contributed by atoms with van der Waals surface area (Å²) in [6, 6.07) is 9.45. The molecular formula is C13H12ClN3O3. The number of nitrogens with zero attached hydrogens (tertiary/aromatic N) is 1. The molecular weight excluding hydrogens is 282 g/mol. The number of nitro groups is 1. The molecule has 0 aliphatic rings. The van der Waals surface area contributed by atoms with Gasteiger partial charge in [0.1, 0.15) is 11.5 Å². The second-order valence-electron chi connectivity index (χ2n) is 4.15. The maximum Gasteiger partial charge on any atom is 0.275 e. The molecule has 0 unspecified atom stereocenters. The maximum atomic E-state index is 10.9. The van der Waals surface area contributed by atoms with Crippen LogP contribution in [0.25, 0.3) is 0 Å². The zero-order valence-corrected chi connectivity index (χ0v) is 11.3. The molecule has 0 aliphatic carbocycles. The number of hydrazine groups is 1. The molecule has 0 bridgehead atoms. The van der Waals surface area contributed by atoms with Crippen molar-refractivity contribution in [3.63, 3.8) is 0 Å². The third-order valence-electron chi connectivity index (χ3n) is 2.58. The summed E-state index contributed by atoms with van der Waals surface area (Å²) in [5.41, 5.74) is 3.57. The number of halogens is 1. The second kappa shape index (κ2) is 5.77. The first-order valence-corrected chi connectivity index (χ1v) is 6.07. The average Bonchev–Trinajstić information content (AvgIpc) is 2.42. The molecule has 104 valence electrons. The fraction of sp³-hybridized carbons (Fsp3) is 0.0769. The number of anilines is 1. The summed E-state index contributed by atoms with van der Waals surface area (Å²) in [6.07, 6.45) is 0. The van der Waals surface area contributed by atoms with E-state index in [1.165, 1.54) is 12.1 Å². The van der Waals surface area contributed by atoms with Gasteiger partial charge in [-0.3, -0.25) is 16.0 Å². The summed E-state index contributed by atoms with van der Waals surface area (Å²) in [6.45, 7) is 1.89. The highest BCUT2D eigenvalue weighted by Crippen LogP contribution is 2.33. The first-order valence-electron chi connectivity index (χ1n) is 5.69. The summed E-state index contributed by atoms with van der Waals surface area (Å²) < 4.78 is 5.59. The molecule has 2 aromatic carbocycles. The Morgan fingerprint density at radius 1 is 1.30 bits per heavy atom. The lowest BCUT2D eigenvalue weighted by molar-refractivity contribution is -0.384. The van der Waals surface area contributed by atoms with Gasteiger partial charge in [-0.2, -0.15) is 0 Å². The number of aryl methyl sites for hydroxylation is 1. The summed E-state index contributed by atoms with van der Waals surface area (Å²) in [5.74, 6) is 5.98. The number of nitrogen functional groups attached to an aromatic ring is 1. The van der Waals surface area contributed by atoms with Crippen molar-refractivity contribution >= 4 is 23.0 Å². The molecule has 0 radical (unpaired) electrons. The van der Waals surface area contributed by atoms with Gasteiger partial charge in [0.15, 0.2) is 0 Å². The fourth-order valence-corrected chi connectivity index (χ4v) is 1.80. The van der Waals surface area contributed by atoms with Crippen LogP contribution in [-0.4, -0.2) is 4.92 Å². The molecule has 7 heteroatoms. The monoisotopic (exact) mass is 293 g/mol. The zero-order chi connectivity index (χ0) is 14.7. The number of rotatable bonds is 4. The van der Waals surface area contributed by atoms with Gasteiger partial charge < -0.3 is 10.2 Å². The Morgan fingerprint density at radius 3 is 2.70 bits per heavy atom. The molecule has 0 spiro atoms. The van der Waals surface area contributed by atoms with Crippen LogP contribution in [0.3, 0.4) is 0 Å². The van der Waals surface area contributed by atoms with E-state index in [9.17, 15) is 10.1 Å². The predicted octanol–water partition coefficient (Wildman–Crippen LogP) is 3.63. The largest absolute Gasteiger partial charge is 0.455 e. The van der Waals surface area contributed by atoms with Crippen molar-refractivity contribution in [2.45, 2.75) is 6.92 Å². The van der Waals surface area contributed by atoms with Crippen LogP contribution in [-0.2, 0) is 0 Å². The Hall–Kier alpha value is -2.31. The van der Waals surface area contributed by atoms with E-state index >= 15 is 0 Å². The zero-order valence-electron chi connectivity index (χ0n) is 10.6. The highest BCUT2D eigenvalue weighted by Gasteiger charge is 2.12. The molecule has 0 amide bonds. The SMILES string of the molecule is Cc1ccc(Cl)c(Oc2cc(NN)cc([N+](=O)[O-])c2)c1. The minimum absolute atomic E-state index is 0.126. The molecule has 0 fully saturated rings. The van der Waals surface area contributed by atoms with Crippen LogP contribution in [0.2, 0.25) is 5.02 Å². The van der Waals surface area contributed by atoms with Crippen molar-refractivity contribution < 1.29 is 9.66 Å². The van der Waals surface area contributed by atoms with E-state index in [1.54, 1.807) is 18.2 Å². The summed E-state index contributed by atoms with van der Waals surface area (Å²) >= 11 is 6.02. The van der Waals surface area contributed by atoms with E-state index in [-0.39, 0.29) is 11.4 Å². The number of benzene rings is 2. The molecule has 20 heavy (non-hydrogen) atoms. The standard InChI is InChI=1S/C13H12ClN3O3/c1-8-2-3-12(14)13(4-8)20-11-6-9(16-15)5-10(7-11)17(18)19/h2-7,16H,15H2,1H3. The van der Waals surface area contributed by atoms with Crippen molar-refractivity contribution in [1.29, 1.82) is 0 Å². The first-order chi connectivity index (χ1) is 9.49. The minimum Gasteiger partial charge on any atom is -0.455 e. The normalized spacial score (nSPS) is 10.2. The Labute approximate surface area is 120 Å². The van der Waals surface area contributed by atoms with Gasteiger partial charge in [-0.1, -0.05) is 17.7 Å². The van der Waals surface area contributed by atoms with Crippen molar-refractivity contribution in [1.82, 2.24) is 0 Å². The van der Waals surface area contributed by atoms with Crippen LogP contribution in [0.5, 0.6) is 11.5 Å². The van der Waals surface area contributed by atoms with E-state index in [2.05, 4.69) is 5.43 Å². The van der Waals surface area contributed by atoms with Crippen LogP contribution in [0.1, 0.15) is 5.56 Å². The molecule has 2 rings (SSSR count). The van der Waals surface area contributed by atoms with E-state index in [4.69, 9.17) is 22.2 Å². The number of nitrogens with two attached hydrogens (primary N) is 1. The molecule has 0 aromatic heterocycles. The van der Waals surface area contributed by atoms with Crippen LogP contribution in [0.4, 0.5) is 11.4 Å². The van der Waals surface area contributed by atoms with Gasteiger partial charge in [-0.05, 0) is 24.6 Å². The van der Waals surface area contributed by atoms with Crippen molar-refractivity contribution in [2.24, 2.45) is 5.84 Å². The highest BCUT2D eigenvalue weighted by atomic mass is 35.5. The Balaban J connectivity index is 2.39. The molecule has 0 aliphatic heterocycles. The molecule has 0 saturated carbocycles. The van der Waals surface area contributed by atoms with Gasteiger partial charge in [0, 0.05) is 12.1 Å². The van der Waals surface area contributed by atoms with E-state index in [0.29, 0.717) is 16.5 Å². The summed E-state index contributed by atoms with van der Waals surface area (Å²) in [7, 11) is 0. The number of non-ortho nitro benzene ring substituents is 1. The third-order valence-corrected chi connectivity index (χ3v) is 2.90. The van der Waals surface area contributed by atoms with Crippen molar-refractivity contribution in [3.05, 3.63) is 57.1 Å². The number of ether oxygens (including phenoxy) is 1. The molecule has 0 saturated heterocycles. The van der Waals surface area contributed by atoms with Crippen molar-refractivity contribution in [2.75, 3.05) is 5.43 Å². The predicted molar refractivity (Wildman–Crippen MR) is 77.2 cm³/mol. The Kier molecular flexibility index (Phi) is 4.07. The lowest BCUT2D eigenvalue weighted by Crippen LogP contribution is -2.07. The van der Waals surface area contributed by atoms with Crippen LogP contribution < -0.4 is 16.0 Å². The fourth-order valence-electron chi connectivity index (χ4n) is 1.65. The number of hydrogen-bond acceptors (Lipinski definition) is 5. The second-order valence-corrected chi connectivity index (χ2v) is 4.56. The lowest BCUT2D eigenvalue weighted by Gasteiger charge is -2.10. The van der Waals surface area contributed by atoms with E-state index in [1.807, 2.05) is 13.0 Å². The number of nitro benzene ring substituents is 1. The lowest BCUT2D eigenvalue weighted by atomic mass is 10.2. The van der Waals surface area contributed by atoms with E-state index < -0.39 is 4.92 Å². The van der Waals surface area contributed by atoms with Gasteiger partial charge in [0.05, 0.1) is 21.7 Å². The number of nitrogens with one attached hydrogen (secondary N) is 1. The van der Waals surface area contributed by atoms with Crippen LogP contribution in [0.15, 0.2) is 36.4 Å². The Bertz CT molecular complexity index is 661. The van der Waals surface area contributed by atoms with Gasteiger partial charge in [0.25, 0.3) is 5.69 Å². The first kappa shape index (κ1) is 14.1. The van der Waals surface area contributed by atoms with Crippen LogP contribution >= 0.6 is 11.6 Å². The Morgan fingerprint density at radius 2 is 2.05 bits per heavy atom. The smallest absolute Gasteiger partial charge is 0.275 e. The van der Waals surface area contributed by atoms with Crippen LogP contribution in [0, 0.1) is 17.0 Å². The quantitative estimate of drug-likeness (QED) is 0.510. The molecule has 0 atom stereocenters. The molecule has 6 nitrogen and oxygen atoms in total. The molecule has 2 aromatic rings. The summed E-state index contributed by atoms with van der Waals surface area (Å²) in [5, 5.41) is 11.3. The average molecular weight is 294 g/mol. The third kappa shape index (κ3) is 3.17.